The molecule has 0 aliphatic carbocycles. The highest BCUT2D eigenvalue weighted by atomic mass is 15.2. The van der Waals surface area contributed by atoms with E-state index in [4.69, 9.17) is 5.73 Å². The van der Waals surface area contributed by atoms with Gasteiger partial charge in [0, 0.05) is 25.2 Å². The van der Waals surface area contributed by atoms with Gasteiger partial charge in [-0.2, -0.15) is 0 Å². The van der Waals surface area contributed by atoms with Gasteiger partial charge in [-0.05, 0) is 24.1 Å². The number of hydrogen-bond acceptors (Lipinski definition) is 3. The summed E-state index contributed by atoms with van der Waals surface area (Å²) in [5.41, 5.74) is 8.16. The fraction of sp³-hybridized carbons (Fsp3) is 0.267. The topological polar surface area (TPSA) is 42.1 Å². The van der Waals surface area contributed by atoms with Crippen molar-refractivity contribution in [3.8, 4) is 0 Å². The van der Waals surface area contributed by atoms with E-state index in [1.54, 1.807) is 0 Å². The quantitative estimate of drug-likeness (QED) is 0.876. The Morgan fingerprint density at radius 2 is 1.94 bits per heavy atom. The fourth-order valence-corrected chi connectivity index (χ4v) is 2.62. The largest absolute Gasteiger partial charge is 0.396 e. The normalized spacial score (nSPS) is 19.1. The number of hydrogen-bond donors (Lipinski definition) is 1. The standard InChI is InChI=1S/C15H17N3/c16-14-7-4-9-17-15(14)18-10-8-13(11-18)12-5-2-1-3-6-12/h1-7,9,13H,8,10-11,16H2. The maximum atomic E-state index is 5.98. The van der Waals surface area contributed by atoms with E-state index in [1.807, 2.05) is 18.3 Å². The van der Waals surface area contributed by atoms with Crippen molar-refractivity contribution in [3.05, 3.63) is 54.2 Å². The molecule has 0 bridgehead atoms. The number of rotatable bonds is 2. The first-order valence-electron chi connectivity index (χ1n) is 6.35. The second kappa shape index (κ2) is 4.69. The average molecular weight is 239 g/mol. The molecule has 1 unspecified atom stereocenters. The van der Waals surface area contributed by atoms with Gasteiger partial charge in [-0.25, -0.2) is 4.98 Å². The van der Waals surface area contributed by atoms with Gasteiger partial charge < -0.3 is 10.6 Å². The zero-order chi connectivity index (χ0) is 12.4. The van der Waals surface area contributed by atoms with Gasteiger partial charge in [-0.3, -0.25) is 0 Å². The minimum atomic E-state index is 0.590. The summed E-state index contributed by atoms with van der Waals surface area (Å²) in [6, 6.07) is 14.5. The minimum Gasteiger partial charge on any atom is -0.396 e. The molecule has 2 N–H and O–H groups in total. The molecular formula is C15H17N3. The number of benzene rings is 1. The average Bonchev–Trinajstić information content (AvgIpc) is 2.90. The van der Waals surface area contributed by atoms with Crippen LogP contribution < -0.4 is 10.6 Å². The van der Waals surface area contributed by atoms with E-state index in [0.717, 1.165) is 24.6 Å². The van der Waals surface area contributed by atoms with Crippen LogP contribution in [0.25, 0.3) is 0 Å². The molecule has 0 amide bonds. The summed E-state index contributed by atoms with van der Waals surface area (Å²) < 4.78 is 0. The monoisotopic (exact) mass is 239 g/mol. The summed E-state index contributed by atoms with van der Waals surface area (Å²) in [6.45, 7) is 2.03. The van der Waals surface area contributed by atoms with E-state index in [-0.39, 0.29) is 0 Å². The van der Waals surface area contributed by atoms with Crippen LogP contribution in [-0.2, 0) is 0 Å². The van der Waals surface area contributed by atoms with Crippen molar-refractivity contribution in [2.45, 2.75) is 12.3 Å². The summed E-state index contributed by atoms with van der Waals surface area (Å²) in [5, 5.41) is 0. The third-order valence-electron chi connectivity index (χ3n) is 3.58. The van der Waals surface area contributed by atoms with Crippen molar-refractivity contribution in [1.82, 2.24) is 4.98 Å². The third kappa shape index (κ3) is 2.04. The van der Waals surface area contributed by atoms with Crippen molar-refractivity contribution in [2.75, 3.05) is 23.7 Å². The van der Waals surface area contributed by atoms with E-state index < -0.39 is 0 Å². The van der Waals surface area contributed by atoms with Crippen LogP contribution in [0.15, 0.2) is 48.7 Å². The number of nitrogen functional groups attached to an aromatic ring is 1. The Balaban J connectivity index is 1.78. The first-order chi connectivity index (χ1) is 8.84. The molecule has 3 heteroatoms. The van der Waals surface area contributed by atoms with Gasteiger partial charge in [0.1, 0.15) is 0 Å². The van der Waals surface area contributed by atoms with Crippen LogP contribution in [0, 0.1) is 0 Å². The lowest BCUT2D eigenvalue weighted by Crippen LogP contribution is -2.21. The van der Waals surface area contributed by atoms with Crippen LogP contribution in [0.4, 0.5) is 11.5 Å². The zero-order valence-corrected chi connectivity index (χ0v) is 10.3. The predicted molar refractivity (Wildman–Crippen MR) is 74.7 cm³/mol. The van der Waals surface area contributed by atoms with Crippen LogP contribution in [0.3, 0.4) is 0 Å². The molecule has 1 aliphatic heterocycles. The molecule has 0 saturated carbocycles. The maximum Gasteiger partial charge on any atom is 0.151 e. The zero-order valence-electron chi connectivity index (χ0n) is 10.3. The Morgan fingerprint density at radius 1 is 1.11 bits per heavy atom. The number of anilines is 2. The lowest BCUT2D eigenvalue weighted by atomic mass is 9.99. The third-order valence-corrected chi connectivity index (χ3v) is 3.58. The molecule has 3 rings (SSSR count). The highest BCUT2D eigenvalue weighted by molar-refractivity contribution is 5.62. The van der Waals surface area contributed by atoms with Crippen molar-refractivity contribution in [3.63, 3.8) is 0 Å². The second-order valence-electron chi connectivity index (χ2n) is 4.76. The Labute approximate surface area is 107 Å². The summed E-state index contributed by atoms with van der Waals surface area (Å²) in [4.78, 5) is 6.67. The molecule has 1 aromatic carbocycles. The summed E-state index contributed by atoms with van der Waals surface area (Å²) in [5.74, 6) is 1.52. The molecule has 92 valence electrons. The minimum absolute atomic E-state index is 0.590. The van der Waals surface area contributed by atoms with Crippen molar-refractivity contribution >= 4 is 11.5 Å². The molecule has 1 atom stereocenters. The van der Waals surface area contributed by atoms with Gasteiger partial charge >= 0.3 is 0 Å². The Morgan fingerprint density at radius 3 is 2.72 bits per heavy atom. The molecule has 0 spiro atoms. The molecule has 2 aromatic rings. The summed E-state index contributed by atoms with van der Waals surface area (Å²) >= 11 is 0. The van der Waals surface area contributed by atoms with Crippen LogP contribution in [0.5, 0.6) is 0 Å². The second-order valence-corrected chi connectivity index (χ2v) is 4.76. The maximum absolute atomic E-state index is 5.98. The first kappa shape index (κ1) is 11.1. The van der Waals surface area contributed by atoms with E-state index >= 15 is 0 Å². The van der Waals surface area contributed by atoms with E-state index in [9.17, 15) is 0 Å². The predicted octanol–water partition coefficient (Wildman–Crippen LogP) is 2.66. The Bertz CT molecular complexity index is 524. The molecule has 1 saturated heterocycles. The molecule has 1 aliphatic rings. The van der Waals surface area contributed by atoms with Crippen LogP contribution in [0.1, 0.15) is 17.9 Å². The summed E-state index contributed by atoms with van der Waals surface area (Å²) in [7, 11) is 0. The Kier molecular flexibility index (Phi) is 2.89. The fourth-order valence-electron chi connectivity index (χ4n) is 2.62. The highest BCUT2D eigenvalue weighted by Gasteiger charge is 2.25. The van der Waals surface area contributed by atoms with E-state index in [2.05, 4.69) is 40.2 Å². The van der Waals surface area contributed by atoms with Gasteiger partial charge in [0.25, 0.3) is 0 Å². The van der Waals surface area contributed by atoms with Crippen LogP contribution >= 0.6 is 0 Å². The van der Waals surface area contributed by atoms with E-state index in [1.165, 1.54) is 12.0 Å². The number of aromatic nitrogens is 1. The molecule has 0 radical (unpaired) electrons. The number of pyridine rings is 1. The lowest BCUT2D eigenvalue weighted by molar-refractivity contribution is 0.774. The van der Waals surface area contributed by atoms with E-state index in [0.29, 0.717) is 5.92 Å². The Hall–Kier alpha value is -2.03. The molecule has 18 heavy (non-hydrogen) atoms. The summed E-state index contributed by atoms with van der Waals surface area (Å²) in [6.07, 6.45) is 2.97. The van der Waals surface area contributed by atoms with Gasteiger partial charge in [0.2, 0.25) is 0 Å². The van der Waals surface area contributed by atoms with Gasteiger partial charge in [0.15, 0.2) is 5.82 Å². The molecule has 2 heterocycles. The number of nitrogens with zero attached hydrogens (tertiary/aromatic N) is 2. The molecule has 1 fully saturated rings. The lowest BCUT2D eigenvalue weighted by Gasteiger charge is -2.19. The highest BCUT2D eigenvalue weighted by Crippen LogP contribution is 2.31. The van der Waals surface area contributed by atoms with Crippen LogP contribution in [0.2, 0.25) is 0 Å². The van der Waals surface area contributed by atoms with Gasteiger partial charge in [0.05, 0.1) is 5.69 Å². The van der Waals surface area contributed by atoms with Crippen LogP contribution in [-0.4, -0.2) is 18.1 Å². The van der Waals surface area contributed by atoms with Gasteiger partial charge in [-0.1, -0.05) is 30.3 Å². The smallest absolute Gasteiger partial charge is 0.151 e. The molecule has 1 aromatic heterocycles. The van der Waals surface area contributed by atoms with Crippen molar-refractivity contribution < 1.29 is 0 Å². The van der Waals surface area contributed by atoms with Crippen molar-refractivity contribution in [2.24, 2.45) is 0 Å². The number of nitrogens with two attached hydrogens (primary N) is 1. The first-order valence-corrected chi connectivity index (χ1v) is 6.35. The van der Waals surface area contributed by atoms with Crippen molar-refractivity contribution in [1.29, 1.82) is 0 Å². The van der Waals surface area contributed by atoms with Gasteiger partial charge in [-0.15, -0.1) is 0 Å². The molecular weight excluding hydrogens is 222 g/mol. The SMILES string of the molecule is Nc1cccnc1N1CCC(c2ccccc2)C1. The molecule has 3 nitrogen and oxygen atoms in total.